The molecule has 6 nitrogen and oxygen atoms in total. The Kier molecular flexibility index (Phi) is 9.10. The van der Waals surface area contributed by atoms with Crippen molar-refractivity contribution in [2.75, 3.05) is 6.61 Å². The van der Waals surface area contributed by atoms with Crippen LogP contribution in [-0.4, -0.2) is 39.7 Å². The Morgan fingerprint density at radius 1 is 1.03 bits per heavy atom. The highest BCUT2D eigenvalue weighted by Gasteiger charge is 2.16. The van der Waals surface area contributed by atoms with Crippen LogP contribution in [0.15, 0.2) is 54.7 Å². The molecule has 0 aliphatic heterocycles. The van der Waals surface area contributed by atoms with Crippen LogP contribution in [0.25, 0.3) is 10.9 Å². The molecule has 0 fully saturated rings. The number of benzene rings is 2. The Hall–Kier alpha value is -3.56. The van der Waals surface area contributed by atoms with Crippen molar-refractivity contribution in [3.63, 3.8) is 0 Å². The summed E-state index contributed by atoms with van der Waals surface area (Å²) in [6.07, 6.45) is 6.89. The van der Waals surface area contributed by atoms with E-state index in [4.69, 9.17) is 5.11 Å². The van der Waals surface area contributed by atoms with E-state index in [0.717, 1.165) is 47.7 Å². The minimum Gasteiger partial charge on any atom is -0.481 e. The third-order valence-corrected chi connectivity index (χ3v) is 5.50. The van der Waals surface area contributed by atoms with Crippen LogP contribution >= 0.6 is 0 Å². The van der Waals surface area contributed by atoms with Crippen molar-refractivity contribution in [2.45, 2.75) is 51.0 Å². The van der Waals surface area contributed by atoms with Gasteiger partial charge < -0.3 is 20.5 Å². The topological polar surface area (TPSA) is 102 Å². The summed E-state index contributed by atoms with van der Waals surface area (Å²) in [6.45, 7) is -0.156. The van der Waals surface area contributed by atoms with E-state index < -0.39 is 12.0 Å². The van der Waals surface area contributed by atoms with Crippen molar-refractivity contribution < 1.29 is 19.8 Å². The van der Waals surface area contributed by atoms with Gasteiger partial charge in [0.2, 0.25) is 0 Å². The van der Waals surface area contributed by atoms with Gasteiger partial charge in [0.1, 0.15) is 0 Å². The van der Waals surface area contributed by atoms with Crippen LogP contribution in [0.3, 0.4) is 0 Å². The molecule has 1 aromatic heterocycles. The van der Waals surface area contributed by atoms with Crippen molar-refractivity contribution >= 4 is 22.8 Å². The molecule has 0 aliphatic carbocycles. The van der Waals surface area contributed by atoms with Crippen LogP contribution in [0, 0.1) is 11.8 Å². The standard InChI is InChI=1S/C27H30N2O4/c30-19-23(17-22-18-28-25-14-8-7-13-24(22)25)29-27(33)21-12-9-11-20(16-21)10-5-3-1-2-4-6-15-26(31)32/h7-9,11-14,16,18,23,28,30H,1-4,6,15,17,19H2,(H,29,33)(H,31,32)/t23-/m1/s1. The monoisotopic (exact) mass is 446 g/mol. The van der Waals surface area contributed by atoms with Gasteiger partial charge in [-0.15, -0.1) is 0 Å². The number of aromatic nitrogens is 1. The zero-order valence-electron chi connectivity index (χ0n) is 18.6. The van der Waals surface area contributed by atoms with Crippen LogP contribution in [0.1, 0.15) is 60.0 Å². The molecule has 2 aromatic carbocycles. The number of fused-ring (bicyclic) bond motifs is 1. The van der Waals surface area contributed by atoms with E-state index in [1.54, 1.807) is 18.2 Å². The second-order valence-corrected chi connectivity index (χ2v) is 8.11. The number of unbranched alkanes of at least 4 members (excludes halogenated alkanes) is 4. The van der Waals surface area contributed by atoms with Gasteiger partial charge in [-0.05, 0) is 49.1 Å². The summed E-state index contributed by atoms with van der Waals surface area (Å²) in [5.41, 5.74) is 3.35. The maximum absolute atomic E-state index is 12.8. The van der Waals surface area contributed by atoms with E-state index >= 15 is 0 Å². The van der Waals surface area contributed by atoms with Crippen molar-refractivity contribution in [1.29, 1.82) is 0 Å². The molecule has 6 heteroatoms. The number of carboxylic acid groups (broad SMARTS) is 1. The van der Waals surface area contributed by atoms with Crippen molar-refractivity contribution in [3.05, 3.63) is 71.4 Å². The third kappa shape index (κ3) is 7.51. The van der Waals surface area contributed by atoms with Gasteiger partial charge in [-0.3, -0.25) is 9.59 Å². The number of nitrogens with one attached hydrogen (secondary N) is 2. The lowest BCUT2D eigenvalue weighted by atomic mass is 10.0. The van der Waals surface area contributed by atoms with Crippen molar-refractivity contribution in [2.24, 2.45) is 0 Å². The van der Waals surface area contributed by atoms with E-state index in [0.29, 0.717) is 18.4 Å². The second kappa shape index (κ2) is 12.5. The SMILES string of the molecule is O=C(O)CCCCCCC#Cc1cccc(C(=O)N[C@@H](CO)Cc2c[nH]c3ccccc23)c1. The average molecular weight is 447 g/mol. The first-order chi connectivity index (χ1) is 16.1. The normalized spacial score (nSPS) is 11.5. The van der Waals surface area contributed by atoms with Gasteiger partial charge in [0.05, 0.1) is 12.6 Å². The predicted octanol–water partition coefficient (Wildman–Crippen LogP) is 4.28. The summed E-state index contributed by atoms with van der Waals surface area (Å²) in [5.74, 6) is 5.23. The number of aliphatic hydroxyl groups excluding tert-OH is 1. The highest BCUT2D eigenvalue weighted by Crippen LogP contribution is 2.19. The number of amides is 1. The number of hydrogen-bond acceptors (Lipinski definition) is 3. The van der Waals surface area contributed by atoms with Crippen LogP contribution in [0.4, 0.5) is 0 Å². The summed E-state index contributed by atoms with van der Waals surface area (Å²) in [5, 5.41) is 22.5. The first-order valence-electron chi connectivity index (χ1n) is 11.3. The molecule has 0 aliphatic rings. The fourth-order valence-electron chi connectivity index (χ4n) is 3.74. The summed E-state index contributed by atoms with van der Waals surface area (Å²) in [6, 6.07) is 14.7. The van der Waals surface area contributed by atoms with Gasteiger partial charge in [0.25, 0.3) is 5.91 Å². The first kappa shape index (κ1) is 24.1. The van der Waals surface area contributed by atoms with Crippen LogP contribution in [-0.2, 0) is 11.2 Å². The molecule has 33 heavy (non-hydrogen) atoms. The Labute approximate surface area is 194 Å². The number of carboxylic acids is 1. The molecule has 4 N–H and O–H groups in total. The molecule has 0 spiro atoms. The minimum absolute atomic E-state index is 0.156. The Morgan fingerprint density at radius 3 is 2.67 bits per heavy atom. The molecular weight excluding hydrogens is 416 g/mol. The Balaban J connectivity index is 1.51. The molecule has 0 radical (unpaired) electrons. The number of hydrogen-bond donors (Lipinski definition) is 4. The molecule has 1 atom stereocenters. The molecule has 3 rings (SSSR count). The minimum atomic E-state index is -0.748. The van der Waals surface area contributed by atoms with Crippen LogP contribution in [0.5, 0.6) is 0 Å². The van der Waals surface area contributed by atoms with E-state index in [1.165, 1.54) is 0 Å². The average Bonchev–Trinajstić information content (AvgIpc) is 3.23. The van der Waals surface area contributed by atoms with Gasteiger partial charge in [0.15, 0.2) is 0 Å². The summed E-state index contributed by atoms with van der Waals surface area (Å²) >= 11 is 0. The lowest BCUT2D eigenvalue weighted by Gasteiger charge is -2.16. The zero-order chi connectivity index (χ0) is 23.5. The molecule has 3 aromatic rings. The first-order valence-corrected chi connectivity index (χ1v) is 11.3. The highest BCUT2D eigenvalue weighted by molar-refractivity contribution is 5.94. The fourth-order valence-corrected chi connectivity index (χ4v) is 3.74. The number of aromatic amines is 1. The third-order valence-electron chi connectivity index (χ3n) is 5.50. The van der Waals surface area contributed by atoms with E-state index in [-0.39, 0.29) is 18.9 Å². The number of H-pyrrole nitrogens is 1. The second-order valence-electron chi connectivity index (χ2n) is 8.11. The quantitative estimate of drug-likeness (QED) is 0.261. The molecule has 0 saturated carbocycles. The molecular formula is C27H30N2O4. The van der Waals surface area contributed by atoms with E-state index in [2.05, 4.69) is 22.1 Å². The largest absolute Gasteiger partial charge is 0.481 e. The van der Waals surface area contributed by atoms with Crippen LogP contribution in [0.2, 0.25) is 0 Å². The number of aliphatic carboxylic acids is 1. The molecule has 0 bridgehead atoms. The lowest BCUT2D eigenvalue weighted by molar-refractivity contribution is -0.137. The predicted molar refractivity (Wildman–Crippen MR) is 129 cm³/mol. The summed E-state index contributed by atoms with van der Waals surface area (Å²) in [4.78, 5) is 26.5. The van der Waals surface area contributed by atoms with Gasteiger partial charge in [0, 0.05) is 41.1 Å². The van der Waals surface area contributed by atoms with Gasteiger partial charge in [-0.2, -0.15) is 0 Å². The van der Waals surface area contributed by atoms with Crippen molar-refractivity contribution in [1.82, 2.24) is 10.3 Å². The van der Waals surface area contributed by atoms with Gasteiger partial charge in [-0.25, -0.2) is 0 Å². The van der Waals surface area contributed by atoms with Crippen LogP contribution < -0.4 is 5.32 Å². The number of carbonyl (C=O) groups is 2. The highest BCUT2D eigenvalue weighted by atomic mass is 16.4. The summed E-state index contributed by atoms with van der Waals surface area (Å²) < 4.78 is 0. The van der Waals surface area contributed by atoms with E-state index in [1.807, 2.05) is 36.5 Å². The number of rotatable bonds is 11. The Bertz CT molecular complexity index is 1140. The number of aliphatic hydroxyl groups is 1. The van der Waals surface area contributed by atoms with Gasteiger partial charge >= 0.3 is 5.97 Å². The van der Waals surface area contributed by atoms with Crippen molar-refractivity contribution in [3.8, 4) is 11.8 Å². The van der Waals surface area contributed by atoms with Gasteiger partial charge in [-0.1, -0.05) is 48.9 Å². The Morgan fingerprint density at radius 2 is 1.85 bits per heavy atom. The number of para-hydroxylation sites is 1. The molecule has 172 valence electrons. The zero-order valence-corrected chi connectivity index (χ0v) is 18.6. The lowest BCUT2D eigenvalue weighted by Crippen LogP contribution is -2.39. The fraction of sp³-hybridized carbons (Fsp3) is 0.333. The summed E-state index contributed by atoms with van der Waals surface area (Å²) in [7, 11) is 0. The maximum atomic E-state index is 12.8. The number of carbonyl (C=O) groups excluding carboxylic acids is 1. The maximum Gasteiger partial charge on any atom is 0.303 e. The molecule has 0 saturated heterocycles. The molecule has 1 amide bonds. The van der Waals surface area contributed by atoms with E-state index in [9.17, 15) is 14.7 Å². The molecule has 0 unspecified atom stereocenters. The smallest absolute Gasteiger partial charge is 0.303 e. The molecule has 1 heterocycles.